The van der Waals surface area contributed by atoms with Crippen LogP contribution in [0.2, 0.25) is 0 Å². The number of nitrogens with zero attached hydrogens (tertiary/aromatic N) is 3. The van der Waals surface area contributed by atoms with Crippen molar-refractivity contribution in [2.45, 2.75) is 6.54 Å². The van der Waals surface area contributed by atoms with Gasteiger partial charge in [0.25, 0.3) is 0 Å². The molecular weight excluding hydrogens is 342 g/mol. The van der Waals surface area contributed by atoms with E-state index in [9.17, 15) is 0 Å². The van der Waals surface area contributed by atoms with Crippen molar-refractivity contribution in [2.24, 2.45) is 0 Å². The highest BCUT2D eigenvalue weighted by atomic mass is 15.3. The van der Waals surface area contributed by atoms with E-state index in [0.717, 1.165) is 32.7 Å². The minimum atomic E-state index is 1.01. The van der Waals surface area contributed by atoms with Crippen molar-refractivity contribution in [1.29, 1.82) is 0 Å². The van der Waals surface area contributed by atoms with Gasteiger partial charge in [-0.3, -0.25) is 4.90 Å². The molecule has 1 saturated heterocycles. The Hall–Kier alpha value is -2.78. The quantitative estimate of drug-likeness (QED) is 0.641. The molecule has 1 aliphatic heterocycles. The second-order valence-corrected chi connectivity index (χ2v) is 7.70. The molecule has 0 aromatic heterocycles. The Morgan fingerprint density at radius 1 is 0.714 bits per heavy atom. The van der Waals surface area contributed by atoms with E-state index < -0.39 is 0 Å². The first-order valence-corrected chi connectivity index (χ1v) is 10.1. The fourth-order valence-corrected chi connectivity index (χ4v) is 3.92. The number of hydrogen-bond donors (Lipinski definition) is 0. The molecule has 0 aliphatic carbocycles. The average molecular weight is 372 g/mol. The van der Waals surface area contributed by atoms with Gasteiger partial charge in [0, 0.05) is 58.2 Å². The number of benzene rings is 3. The number of para-hydroxylation sites is 1. The van der Waals surface area contributed by atoms with Gasteiger partial charge in [0.2, 0.25) is 0 Å². The first kappa shape index (κ1) is 18.6. The maximum Gasteiger partial charge on any atom is 0.0367 e. The van der Waals surface area contributed by atoms with Crippen LogP contribution in [0.3, 0.4) is 0 Å². The molecule has 1 heterocycles. The second kappa shape index (κ2) is 8.49. The van der Waals surface area contributed by atoms with Crippen LogP contribution >= 0.6 is 0 Å². The minimum Gasteiger partial charge on any atom is -0.378 e. The van der Waals surface area contributed by atoms with Crippen molar-refractivity contribution >= 4 is 11.4 Å². The van der Waals surface area contributed by atoms with E-state index in [2.05, 4.69) is 108 Å². The highest BCUT2D eigenvalue weighted by molar-refractivity contribution is 5.69. The van der Waals surface area contributed by atoms with Crippen molar-refractivity contribution in [1.82, 2.24) is 4.90 Å². The van der Waals surface area contributed by atoms with Gasteiger partial charge in [0.05, 0.1) is 0 Å². The molecule has 3 heteroatoms. The zero-order chi connectivity index (χ0) is 19.3. The molecule has 0 atom stereocenters. The minimum absolute atomic E-state index is 1.01. The monoisotopic (exact) mass is 371 g/mol. The SMILES string of the molecule is CN(C)c1ccc(-c2ccccc2CN2CCN(c3ccccc3)CC2)cc1. The average Bonchev–Trinajstić information content (AvgIpc) is 2.75. The van der Waals surface area contributed by atoms with Crippen molar-refractivity contribution < 1.29 is 0 Å². The number of hydrogen-bond acceptors (Lipinski definition) is 3. The molecule has 0 bridgehead atoms. The number of piperazine rings is 1. The molecule has 4 rings (SSSR count). The van der Waals surface area contributed by atoms with Gasteiger partial charge in [0.15, 0.2) is 0 Å². The molecule has 0 N–H and O–H groups in total. The molecule has 3 aromatic rings. The molecule has 0 spiro atoms. The molecule has 0 saturated carbocycles. The molecule has 0 amide bonds. The fraction of sp³-hybridized carbons (Fsp3) is 0.280. The summed E-state index contributed by atoms with van der Waals surface area (Å²) in [5.41, 5.74) is 6.62. The lowest BCUT2D eigenvalue weighted by atomic mass is 9.99. The summed E-state index contributed by atoms with van der Waals surface area (Å²) in [6.07, 6.45) is 0. The first-order valence-electron chi connectivity index (χ1n) is 10.1. The molecule has 0 radical (unpaired) electrons. The summed E-state index contributed by atoms with van der Waals surface area (Å²) in [4.78, 5) is 7.21. The third-order valence-electron chi connectivity index (χ3n) is 5.60. The van der Waals surface area contributed by atoms with Crippen LogP contribution in [0.4, 0.5) is 11.4 Å². The van der Waals surface area contributed by atoms with Gasteiger partial charge in [0.1, 0.15) is 0 Å². The Bertz CT molecular complexity index is 879. The Balaban J connectivity index is 1.45. The van der Waals surface area contributed by atoms with Crippen molar-refractivity contribution in [3.63, 3.8) is 0 Å². The summed E-state index contributed by atoms with van der Waals surface area (Å²) in [7, 11) is 4.16. The van der Waals surface area contributed by atoms with Crippen molar-refractivity contribution in [3.8, 4) is 11.1 Å². The van der Waals surface area contributed by atoms with Gasteiger partial charge in [-0.15, -0.1) is 0 Å². The van der Waals surface area contributed by atoms with Crippen LogP contribution in [0, 0.1) is 0 Å². The molecule has 1 aliphatic rings. The lowest BCUT2D eigenvalue weighted by Crippen LogP contribution is -2.46. The maximum absolute atomic E-state index is 2.58. The Morgan fingerprint density at radius 3 is 2.04 bits per heavy atom. The Labute approximate surface area is 168 Å². The summed E-state index contributed by atoms with van der Waals surface area (Å²) in [5.74, 6) is 0. The van der Waals surface area contributed by atoms with Gasteiger partial charge in [-0.2, -0.15) is 0 Å². The van der Waals surface area contributed by atoms with E-state index in [4.69, 9.17) is 0 Å². The largest absolute Gasteiger partial charge is 0.378 e. The van der Waals surface area contributed by atoms with Gasteiger partial charge < -0.3 is 9.80 Å². The van der Waals surface area contributed by atoms with Gasteiger partial charge in [-0.1, -0.05) is 54.6 Å². The fourth-order valence-electron chi connectivity index (χ4n) is 3.92. The van der Waals surface area contributed by atoms with Crippen LogP contribution in [-0.2, 0) is 6.54 Å². The first-order chi connectivity index (χ1) is 13.7. The molecule has 3 nitrogen and oxygen atoms in total. The van der Waals surface area contributed by atoms with Crippen molar-refractivity contribution in [3.05, 3.63) is 84.4 Å². The van der Waals surface area contributed by atoms with E-state index >= 15 is 0 Å². The van der Waals surface area contributed by atoms with Crippen LogP contribution in [0.5, 0.6) is 0 Å². The molecule has 144 valence electrons. The highest BCUT2D eigenvalue weighted by Crippen LogP contribution is 2.27. The van der Waals surface area contributed by atoms with Crippen molar-refractivity contribution in [2.75, 3.05) is 50.1 Å². The van der Waals surface area contributed by atoms with Gasteiger partial charge in [-0.05, 0) is 41.0 Å². The predicted octanol–water partition coefficient (Wildman–Crippen LogP) is 4.74. The standard InChI is InChI=1S/C25H29N3/c1-26(2)23-14-12-21(13-15-23)25-11-7-6-8-22(25)20-27-16-18-28(19-17-27)24-9-4-3-5-10-24/h3-15H,16-20H2,1-2H3. The normalized spacial score (nSPS) is 14.9. The zero-order valence-corrected chi connectivity index (χ0v) is 16.9. The van der Waals surface area contributed by atoms with Gasteiger partial charge in [-0.25, -0.2) is 0 Å². The Morgan fingerprint density at radius 2 is 1.36 bits per heavy atom. The molecular formula is C25H29N3. The lowest BCUT2D eigenvalue weighted by Gasteiger charge is -2.36. The predicted molar refractivity (Wildman–Crippen MR) is 120 cm³/mol. The second-order valence-electron chi connectivity index (χ2n) is 7.70. The Kier molecular flexibility index (Phi) is 5.63. The zero-order valence-electron chi connectivity index (χ0n) is 16.9. The highest BCUT2D eigenvalue weighted by Gasteiger charge is 2.18. The van der Waals surface area contributed by atoms with Crippen LogP contribution in [-0.4, -0.2) is 45.2 Å². The van der Waals surface area contributed by atoms with Gasteiger partial charge >= 0.3 is 0 Å². The lowest BCUT2D eigenvalue weighted by molar-refractivity contribution is 0.250. The summed E-state index contributed by atoms with van der Waals surface area (Å²) >= 11 is 0. The molecule has 3 aromatic carbocycles. The summed E-state index contributed by atoms with van der Waals surface area (Å²) in [5, 5.41) is 0. The summed E-state index contributed by atoms with van der Waals surface area (Å²) in [6.45, 7) is 5.38. The third kappa shape index (κ3) is 4.20. The third-order valence-corrected chi connectivity index (χ3v) is 5.60. The van der Waals surface area contributed by atoms with E-state index in [-0.39, 0.29) is 0 Å². The molecule has 28 heavy (non-hydrogen) atoms. The number of rotatable bonds is 5. The molecule has 0 unspecified atom stereocenters. The molecule has 1 fully saturated rings. The number of anilines is 2. The van der Waals surface area contributed by atoms with Crippen LogP contribution < -0.4 is 9.80 Å². The van der Waals surface area contributed by atoms with E-state index in [0.29, 0.717) is 0 Å². The van der Waals surface area contributed by atoms with E-state index in [1.807, 2.05) is 0 Å². The van der Waals surface area contributed by atoms with E-state index in [1.54, 1.807) is 0 Å². The van der Waals surface area contributed by atoms with E-state index in [1.165, 1.54) is 28.1 Å². The van der Waals surface area contributed by atoms with Crippen LogP contribution in [0.15, 0.2) is 78.9 Å². The van der Waals surface area contributed by atoms with Crippen LogP contribution in [0.1, 0.15) is 5.56 Å². The topological polar surface area (TPSA) is 9.72 Å². The summed E-state index contributed by atoms with van der Waals surface area (Å²) < 4.78 is 0. The smallest absolute Gasteiger partial charge is 0.0367 e. The van der Waals surface area contributed by atoms with Crippen LogP contribution in [0.25, 0.3) is 11.1 Å². The maximum atomic E-state index is 2.58. The summed E-state index contributed by atoms with van der Waals surface area (Å²) in [6, 6.07) is 28.5.